The second kappa shape index (κ2) is 4.28. The van der Waals surface area contributed by atoms with Crippen molar-refractivity contribution >= 4 is 27.0 Å². The lowest BCUT2D eigenvalue weighted by Gasteiger charge is -2.04. The number of furan rings is 1. The van der Waals surface area contributed by atoms with E-state index in [1.54, 1.807) is 0 Å². The molecule has 0 aliphatic heterocycles. The molecule has 0 bridgehead atoms. The number of imidazole rings is 1. The van der Waals surface area contributed by atoms with E-state index in [2.05, 4.69) is 51.5 Å². The molecule has 0 atom stereocenters. The van der Waals surface area contributed by atoms with Gasteiger partial charge in [-0.15, -0.1) is 0 Å². The van der Waals surface area contributed by atoms with Crippen molar-refractivity contribution in [2.24, 2.45) is 0 Å². The molecule has 3 aromatic rings. The number of hydrogen-bond donors (Lipinski definition) is 0. The van der Waals surface area contributed by atoms with Crippen LogP contribution < -0.4 is 0 Å². The molecule has 0 spiro atoms. The van der Waals surface area contributed by atoms with Crippen molar-refractivity contribution in [3.63, 3.8) is 0 Å². The molecular formula is C14H13BrN2O. The SMILES string of the molecule is Cc1cc2ncn(Cc3ccc(Br)o3)c2cc1C. The first-order valence-electron chi connectivity index (χ1n) is 5.80. The molecule has 4 heteroatoms. The van der Waals surface area contributed by atoms with Crippen LogP contribution >= 0.6 is 15.9 Å². The van der Waals surface area contributed by atoms with Crippen LogP contribution in [0.25, 0.3) is 11.0 Å². The zero-order chi connectivity index (χ0) is 12.7. The highest BCUT2D eigenvalue weighted by atomic mass is 79.9. The summed E-state index contributed by atoms with van der Waals surface area (Å²) in [7, 11) is 0. The van der Waals surface area contributed by atoms with Gasteiger partial charge in [0, 0.05) is 0 Å². The molecule has 2 heterocycles. The molecule has 0 saturated carbocycles. The van der Waals surface area contributed by atoms with Crippen LogP contribution in [0.4, 0.5) is 0 Å². The van der Waals surface area contributed by atoms with Gasteiger partial charge in [0.25, 0.3) is 0 Å². The van der Waals surface area contributed by atoms with Crippen molar-refractivity contribution < 1.29 is 4.42 Å². The smallest absolute Gasteiger partial charge is 0.169 e. The third-order valence-electron chi connectivity index (χ3n) is 3.19. The average molecular weight is 305 g/mol. The van der Waals surface area contributed by atoms with Gasteiger partial charge in [-0.1, -0.05) is 0 Å². The van der Waals surface area contributed by atoms with E-state index in [1.165, 1.54) is 11.1 Å². The fourth-order valence-corrected chi connectivity index (χ4v) is 2.38. The second-order valence-electron chi connectivity index (χ2n) is 4.50. The van der Waals surface area contributed by atoms with Crippen molar-refractivity contribution in [1.29, 1.82) is 0 Å². The lowest BCUT2D eigenvalue weighted by atomic mass is 10.1. The standard InChI is InChI=1S/C14H13BrN2O/c1-9-5-12-13(6-10(9)2)17(8-16-12)7-11-3-4-14(15)18-11/h3-6,8H,7H2,1-2H3. The largest absolute Gasteiger partial charge is 0.452 e. The minimum Gasteiger partial charge on any atom is -0.452 e. The third-order valence-corrected chi connectivity index (χ3v) is 3.62. The van der Waals surface area contributed by atoms with Gasteiger partial charge < -0.3 is 8.98 Å². The van der Waals surface area contributed by atoms with Gasteiger partial charge >= 0.3 is 0 Å². The number of nitrogens with zero attached hydrogens (tertiary/aromatic N) is 2. The third kappa shape index (κ3) is 1.97. The van der Waals surface area contributed by atoms with E-state index in [0.717, 1.165) is 21.5 Å². The predicted octanol–water partition coefficient (Wildman–Crippen LogP) is 4.06. The average Bonchev–Trinajstić information content (AvgIpc) is 2.89. The molecule has 3 nitrogen and oxygen atoms in total. The number of aryl methyl sites for hydroxylation is 2. The van der Waals surface area contributed by atoms with E-state index in [0.29, 0.717) is 6.54 Å². The summed E-state index contributed by atoms with van der Waals surface area (Å²) >= 11 is 3.32. The van der Waals surface area contributed by atoms with Gasteiger partial charge in [-0.05, 0) is 65.2 Å². The molecule has 0 aliphatic rings. The van der Waals surface area contributed by atoms with E-state index < -0.39 is 0 Å². The Bertz CT molecular complexity index is 712. The highest BCUT2D eigenvalue weighted by Gasteiger charge is 2.07. The van der Waals surface area contributed by atoms with Gasteiger partial charge in [0.05, 0.1) is 23.9 Å². The highest BCUT2D eigenvalue weighted by Crippen LogP contribution is 2.21. The molecule has 0 unspecified atom stereocenters. The molecule has 0 fully saturated rings. The summed E-state index contributed by atoms with van der Waals surface area (Å²) < 4.78 is 8.39. The minimum atomic E-state index is 0.699. The summed E-state index contributed by atoms with van der Waals surface area (Å²) in [6.07, 6.45) is 1.86. The van der Waals surface area contributed by atoms with Gasteiger partial charge in [0.15, 0.2) is 4.67 Å². The minimum absolute atomic E-state index is 0.699. The summed E-state index contributed by atoms with van der Waals surface area (Å²) in [5.41, 5.74) is 4.73. The molecule has 0 saturated heterocycles. The Balaban J connectivity index is 2.04. The normalized spacial score (nSPS) is 11.3. The van der Waals surface area contributed by atoms with Crippen molar-refractivity contribution in [2.45, 2.75) is 20.4 Å². The van der Waals surface area contributed by atoms with Crippen LogP contribution in [-0.4, -0.2) is 9.55 Å². The highest BCUT2D eigenvalue weighted by molar-refractivity contribution is 9.10. The quantitative estimate of drug-likeness (QED) is 0.715. The Morgan fingerprint density at radius 3 is 2.72 bits per heavy atom. The number of aromatic nitrogens is 2. The van der Waals surface area contributed by atoms with Gasteiger partial charge in [-0.25, -0.2) is 4.98 Å². The molecule has 1 aromatic carbocycles. The molecule has 92 valence electrons. The monoisotopic (exact) mass is 304 g/mol. The first kappa shape index (κ1) is 11.5. The molecule has 2 aromatic heterocycles. The molecule has 3 rings (SSSR count). The van der Waals surface area contributed by atoms with Gasteiger partial charge in [-0.3, -0.25) is 0 Å². The van der Waals surface area contributed by atoms with Crippen LogP contribution in [0.5, 0.6) is 0 Å². The van der Waals surface area contributed by atoms with Crippen LogP contribution in [0.2, 0.25) is 0 Å². The molecule has 0 N–H and O–H groups in total. The number of halogens is 1. The van der Waals surface area contributed by atoms with Crippen molar-refractivity contribution in [2.75, 3.05) is 0 Å². The first-order valence-corrected chi connectivity index (χ1v) is 6.59. The van der Waals surface area contributed by atoms with Crippen LogP contribution in [0.15, 0.2) is 39.7 Å². The second-order valence-corrected chi connectivity index (χ2v) is 5.29. The maximum atomic E-state index is 5.53. The maximum Gasteiger partial charge on any atom is 0.169 e. The molecule has 0 amide bonds. The summed E-state index contributed by atoms with van der Waals surface area (Å²) in [6, 6.07) is 8.18. The zero-order valence-corrected chi connectivity index (χ0v) is 11.9. The Kier molecular flexibility index (Phi) is 2.74. The van der Waals surface area contributed by atoms with Crippen molar-refractivity contribution in [3.05, 3.63) is 52.1 Å². The van der Waals surface area contributed by atoms with E-state index in [9.17, 15) is 0 Å². The van der Waals surface area contributed by atoms with Crippen molar-refractivity contribution in [1.82, 2.24) is 9.55 Å². The number of benzene rings is 1. The summed E-state index contributed by atoms with van der Waals surface area (Å²) in [5.74, 6) is 0.916. The van der Waals surface area contributed by atoms with Gasteiger partial charge in [0.1, 0.15) is 5.76 Å². The van der Waals surface area contributed by atoms with Crippen LogP contribution in [0, 0.1) is 13.8 Å². The Morgan fingerprint density at radius 1 is 1.22 bits per heavy atom. The Morgan fingerprint density at radius 2 is 2.00 bits per heavy atom. The van der Waals surface area contributed by atoms with Crippen LogP contribution in [0.3, 0.4) is 0 Å². The summed E-state index contributed by atoms with van der Waals surface area (Å²) in [4.78, 5) is 4.43. The van der Waals surface area contributed by atoms with Gasteiger partial charge in [0.2, 0.25) is 0 Å². The fraction of sp³-hybridized carbons (Fsp3) is 0.214. The van der Waals surface area contributed by atoms with Crippen molar-refractivity contribution in [3.8, 4) is 0 Å². The Hall–Kier alpha value is -1.55. The van der Waals surface area contributed by atoms with Gasteiger partial charge in [-0.2, -0.15) is 0 Å². The molecule has 0 aliphatic carbocycles. The zero-order valence-electron chi connectivity index (χ0n) is 10.3. The number of rotatable bonds is 2. The van der Waals surface area contributed by atoms with E-state index >= 15 is 0 Å². The molecule has 18 heavy (non-hydrogen) atoms. The first-order chi connectivity index (χ1) is 8.63. The Labute approximate surface area is 114 Å². The predicted molar refractivity (Wildman–Crippen MR) is 74.7 cm³/mol. The maximum absolute atomic E-state index is 5.53. The summed E-state index contributed by atoms with van der Waals surface area (Å²) in [6.45, 7) is 4.93. The molecular weight excluding hydrogens is 292 g/mol. The van der Waals surface area contributed by atoms with E-state index in [4.69, 9.17) is 4.42 Å². The lowest BCUT2D eigenvalue weighted by molar-refractivity contribution is 0.476. The summed E-state index contributed by atoms with van der Waals surface area (Å²) in [5, 5.41) is 0. The van der Waals surface area contributed by atoms with Crippen LogP contribution in [0.1, 0.15) is 16.9 Å². The lowest BCUT2D eigenvalue weighted by Crippen LogP contribution is -1.96. The van der Waals surface area contributed by atoms with E-state index in [1.807, 2.05) is 18.5 Å². The van der Waals surface area contributed by atoms with Crippen LogP contribution in [-0.2, 0) is 6.54 Å². The topological polar surface area (TPSA) is 31.0 Å². The number of fused-ring (bicyclic) bond motifs is 1. The number of hydrogen-bond acceptors (Lipinski definition) is 2. The fourth-order valence-electron chi connectivity index (χ4n) is 2.04. The molecule has 0 radical (unpaired) electrons. The van der Waals surface area contributed by atoms with E-state index in [-0.39, 0.29) is 0 Å².